The number of ether oxygens (including phenoxy) is 2. The second-order valence-electron chi connectivity index (χ2n) is 7.20. The largest absolute Gasteiger partial charge is 0.484 e. The molecule has 27 heavy (non-hydrogen) atoms. The van der Waals surface area contributed by atoms with E-state index in [0.717, 1.165) is 57.2 Å². The Morgan fingerprint density at radius 2 is 2.22 bits per heavy atom. The van der Waals surface area contributed by atoms with E-state index in [9.17, 15) is 13.2 Å². The van der Waals surface area contributed by atoms with Crippen LogP contribution in [0, 0.1) is 5.41 Å². The molecule has 0 saturated carbocycles. The van der Waals surface area contributed by atoms with Crippen molar-refractivity contribution in [2.45, 2.75) is 32.5 Å². The van der Waals surface area contributed by atoms with Crippen molar-refractivity contribution >= 4 is 5.96 Å². The first-order valence-corrected chi connectivity index (χ1v) is 9.29. The van der Waals surface area contributed by atoms with Crippen LogP contribution in [-0.2, 0) is 11.3 Å². The first-order chi connectivity index (χ1) is 12.9. The van der Waals surface area contributed by atoms with Crippen molar-refractivity contribution in [1.29, 1.82) is 0 Å². The minimum absolute atomic E-state index is 0.202. The van der Waals surface area contributed by atoms with Crippen LogP contribution < -0.4 is 10.1 Å². The Labute approximate surface area is 157 Å². The highest BCUT2D eigenvalue weighted by molar-refractivity contribution is 5.80. The summed E-state index contributed by atoms with van der Waals surface area (Å²) in [5.74, 6) is 1.04. The molecule has 0 bridgehead atoms. The van der Waals surface area contributed by atoms with Gasteiger partial charge in [-0.05, 0) is 37.5 Å². The third kappa shape index (κ3) is 5.51. The van der Waals surface area contributed by atoms with Gasteiger partial charge in [0.1, 0.15) is 5.75 Å². The van der Waals surface area contributed by atoms with Crippen molar-refractivity contribution < 1.29 is 22.6 Å². The molecular formula is C19H26F3N3O2. The van der Waals surface area contributed by atoms with Crippen LogP contribution in [0.25, 0.3) is 0 Å². The molecule has 2 aliphatic heterocycles. The molecule has 2 aliphatic rings. The van der Waals surface area contributed by atoms with Crippen molar-refractivity contribution in [3.63, 3.8) is 0 Å². The zero-order chi connectivity index (χ0) is 19.3. The molecule has 1 N–H and O–H groups in total. The van der Waals surface area contributed by atoms with E-state index in [1.165, 1.54) is 6.07 Å². The molecule has 3 rings (SSSR count). The second kappa shape index (κ2) is 8.37. The summed E-state index contributed by atoms with van der Waals surface area (Å²) in [7, 11) is 0. The fourth-order valence-electron chi connectivity index (χ4n) is 3.58. The summed E-state index contributed by atoms with van der Waals surface area (Å²) in [4.78, 5) is 6.94. The summed E-state index contributed by atoms with van der Waals surface area (Å²) >= 11 is 0. The predicted molar refractivity (Wildman–Crippen MR) is 96.9 cm³/mol. The fourth-order valence-corrected chi connectivity index (χ4v) is 3.58. The maximum Gasteiger partial charge on any atom is 0.422 e. The molecule has 5 nitrogen and oxygen atoms in total. The number of hydrogen-bond acceptors (Lipinski definition) is 3. The topological polar surface area (TPSA) is 46.1 Å². The maximum absolute atomic E-state index is 12.3. The highest BCUT2D eigenvalue weighted by atomic mass is 19.4. The van der Waals surface area contributed by atoms with Crippen molar-refractivity contribution in [3.8, 4) is 5.75 Å². The van der Waals surface area contributed by atoms with Gasteiger partial charge in [-0.25, -0.2) is 4.99 Å². The van der Waals surface area contributed by atoms with E-state index in [1.807, 2.05) is 13.0 Å². The molecule has 1 atom stereocenters. The molecule has 150 valence electrons. The van der Waals surface area contributed by atoms with E-state index in [1.54, 1.807) is 12.1 Å². The van der Waals surface area contributed by atoms with Crippen LogP contribution in [0.15, 0.2) is 29.3 Å². The summed E-state index contributed by atoms with van der Waals surface area (Å²) in [5, 5.41) is 3.32. The van der Waals surface area contributed by atoms with Crippen molar-refractivity contribution in [3.05, 3.63) is 29.8 Å². The van der Waals surface area contributed by atoms with Gasteiger partial charge in [-0.2, -0.15) is 13.2 Å². The lowest BCUT2D eigenvalue weighted by molar-refractivity contribution is -0.153. The van der Waals surface area contributed by atoms with Gasteiger partial charge in [-0.15, -0.1) is 0 Å². The molecule has 1 aromatic carbocycles. The molecule has 1 aromatic rings. The van der Waals surface area contributed by atoms with Crippen LogP contribution in [0.2, 0.25) is 0 Å². The molecule has 2 saturated heterocycles. The zero-order valence-electron chi connectivity index (χ0n) is 15.5. The lowest BCUT2D eigenvalue weighted by atomic mass is 9.87. The SMILES string of the molecule is CCNC(=NCc1cccc(OCC(F)(F)F)c1)N1CCC2(CCOC2)C1. The van der Waals surface area contributed by atoms with Crippen LogP contribution in [0.5, 0.6) is 5.75 Å². The molecule has 2 fully saturated rings. The Morgan fingerprint density at radius 1 is 1.37 bits per heavy atom. The Bertz CT molecular complexity index is 658. The number of rotatable bonds is 5. The first kappa shape index (κ1) is 19.8. The van der Waals surface area contributed by atoms with Crippen molar-refractivity contribution in [1.82, 2.24) is 10.2 Å². The monoisotopic (exact) mass is 385 g/mol. The van der Waals surface area contributed by atoms with E-state index >= 15 is 0 Å². The summed E-state index contributed by atoms with van der Waals surface area (Å²) in [5.41, 5.74) is 1.05. The molecule has 1 unspecified atom stereocenters. The number of nitrogens with one attached hydrogen (secondary N) is 1. The molecule has 0 aromatic heterocycles. The molecule has 0 aliphatic carbocycles. The lowest BCUT2D eigenvalue weighted by Crippen LogP contribution is -2.41. The molecule has 0 amide bonds. The Balaban J connectivity index is 1.63. The first-order valence-electron chi connectivity index (χ1n) is 9.29. The zero-order valence-corrected chi connectivity index (χ0v) is 15.5. The van der Waals surface area contributed by atoms with Gasteiger partial charge in [-0.1, -0.05) is 12.1 Å². The molecule has 0 radical (unpaired) electrons. The normalized spacial score (nSPS) is 23.3. The molecular weight excluding hydrogens is 359 g/mol. The number of hydrogen-bond donors (Lipinski definition) is 1. The number of benzene rings is 1. The highest BCUT2D eigenvalue weighted by Gasteiger charge is 2.42. The van der Waals surface area contributed by atoms with Gasteiger partial charge in [0.25, 0.3) is 0 Å². The van der Waals surface area contributed by atoms with Gasteiger partial charge >= 0.3 is 6.18 Å². The molecule has 1 spiro atoms. The maximum atomic E-state index is 12.3. The smallest absolute Gasteiger partial charge is 0.422 e. The van der Waals surface area contributed by atoms with Gasteiger partial charge in [0, 0.05) is 31.7 Å². The van der Waals surface area contributed by atoms with E-state index in [-0.39, 0.29) is 11.2 Å². The minimum atomic E-state index is -4.35. The van der Waals surface area contributed by atoms with E-state index in [2.05, 4.69) is 15.2 Å². The van der Waals surface area contributed by atoms with Gasteiger partial charge in [0.2, 0.25) is 0 Å². The molecule has 8 heteroatoms. The lowest BCUT2D eigenvalue weighted by Gasteiger charge is -2.25. The summed E-state index contributed by atoms with van der Waals surface area (Å²) in [6.07, 6.45) is -2.16. The second-order valence-corrected chi connectivity index (χ2v) is 7.20. The van der Waals surface area contributed by atoms with Crippen LogP contribution in [0.1, 0.15) is 25.3 Å². The Morgan fingerprint density at radius 3 is 2.93 bits per heavy atom. The average molecular weight is 385 g/mol. The van der Waals surface area contributed by atoms with E-state index < -0.39 is 12.8 Å². The quantitative estimate of drug-likeness (QED) is 0.625. The third-order valence-corrected chi connectivity index (χ3v) is 4.97. The summed E-state index contributed by atoms with van der Waals surface area (Å²) in [6.45, 7) is 5.36. The predicted octanol–water partition coefficient (Wildman–Crippen LogP) is 3.21. The Kier molecular flexibility index (Phi) is 6.14. The average Bonchev–Trinajstić information content (AvgIpc) is 3.27. The highest BCUT2D eigenvalue weighted by Crippen LogP contribution is 2.38. The summed E-state index contributed by atoms with van der Waals surface area (Å²) in [6, 6.07) is 6.65. The van der Waals surface area contributed by atoms with Crippen LogP contribution >= 0.6 is 0 Å². The number of alkyl halides is 3. The van der Waals surface area contributed by atoms with Gasteiger partial charge in [0.15, 0.2) is 12.6 Å². The fraction of sp³-hybridized carbons (Fsp3) is 0.632. The number of likely N-dealkylation sites (tertiary alicyclic amines) is 1. The standard InChI is InChI=1S/C19H26F3N3O2/c1-2-23-17(25-8-6-18(12-25)7-9-26-13-18)24-11-15-4-3-5-16(10-15)27-14-19(20,21)22/h3-5,10H,2,6-9,11-14H2,1H3,(H,23,24). The minimum Gasteiger partial charge on any atom is -0.484 e. The summed E-state index contributed by atoms with van der Waals surface area (Å²) < 4.78 is 47.3. The number of halogens is 3. The van der Waals surface area contributed by atoms with Crippen molar-refractivity contribution in [2.75, 3.05) is 39.5 Å². The third-order valence-electron chi connectivity index (χ3n) is 4.97. The van der Waals surface area contributed by atoms with Crippen LogP contribution in [-0.4, -0.2) is 56.5 Å². The van der Waals surface area contributed by atoms with Crippen molar-refractivity contribution in [2.24, 2.45) is 10.4 Å². The number of aliphatic imine (C=N–C) groups is 1. The van der Waals surface area contributed by atoms with Crippen LogP contribution in [0.4, 0.5) is 13.2 Å². The van der Waals surface area contributed by atoms with E-state index in [0.29, 0.717) is 6.54 Å². The Hall–Kier alpha value is -1.96. The van der Waals surface area contributed by atoms with Gasteiger partial charge in [-0.3, -0.25) is 0 Å². The van der Waals surface area contributed by atoms with E-state index in [4.69, 9.17) is 9.47 Å². The van der Waals surface area contributed by atoms with Gasteiger partial charge in [0.05, 0.1) is 13.2 Å². The number of guanidine groups is 1. The van der Waals surface area contributed by atoms with Gasteiger partial charge < -0.3 is 19.7 Å². The number of nitrogens with zero attached hydrogens (tertiary/aromatic N) is 2. The molecule has 2 heterocycles. The van der Waals surface area contributed by atoms with Crippen LogP contribution in [0.3, 0.4) is 0 Å².